The highest BCUT2D eigenvalue weighted by Crippen LogP contribution is 2.17. The molecule has 0 unspecified atom stereocenters. The van der Waals surface area contributed by atoms with Crippen LogP contribution >= 0.6 is 0 Å². The number of nitrogens with one attached hydrogen (secondary N) is 1. The fourth-order valence-electron chi connectivity index (χ4n) is 2.97. The zero-order chi connectivity index (χ0) is 17.5. The molecule has 0 radical (unpaired) electrons. The molecule has 3 N–H and O–H groups in total. The van der Waals surface area contributed by atoms with Gasteiger partial charge in [0.1, 0.15) is 0 Å². The fraction of sp³-hybridized carbons (Fsp3) is 0.200. The molecule has 1 aromatic heterocycles. The standard InChI is InChI=1S/C20H22N4O/c21-10-9-20-19(12-16-5-2-1-3-6-16)22-14-24(20)13-17-7-4-8-18(11-17)23-15-25/h1-8,11,14-15H,9-10,12-13,21H2,(H,23,25). The summed E-state index contributed by atoms with van der Waals surface area (Å²) in [7, 11) is 0. The molecule has 0 bridgehead atoms. The first kappa shape index (κ1) is 16.9. The van der Waals surface area contributed by atoms with E-state index in [-0.39, 0.29) is 0 Å². The Bertz CT molecular complexity index is 827. The quantitative estimate of drug-likeness (QED) is 0.622. The molecule has 0 saturated heterocycles. The van der Waals surface area contributed by atoms with Crippen LogP contribution < -0.4 is 11.1 Å². The van der Waals surface area contributed by atoms with Crippen LogP contribution in [0.25, 0.3) is 0 Å². The molecule has 0 aliphatic heterocycles. The molecule has 5 heteroatoms. The molecule has 3 rings (SSSR count). The van der Waals surface area contributed by atoms with Gasteiger partial charge in [-0.1, -0.05) is 42.5 Å². The van der Waals surface area contributed by atoms with Gasteiger partial charge in [-0.2, -0.15) is 0 Å². The topological polar surface area (TPSA) is 72.9 Å². The highest BCUT2D eigenvalue weighted by molar-refractivity contribution is 5.71. The van der Waals surface area contributed by atoms with Gasteiger partial charge in [0.2, 0.25) is 6.41 Å². The average molecular weight is 334 g/mol. The highest BCUT2D eigenvalue weighted by Gasteiger charge is 2.11. The Labute approximate surface area is 147 Å². The Morgan fingerprint density at radius 1 is 1.08 bits per heavy atom. The van der Waals surface area contributed by atoms with Crippen molar-refractivity contribution in [3.05, 3.63) is 83.4 Å². The van der Waals surface area contributed by atoms with E-state index in [1.807, 2.05) is 48.8 Å². The summed E-state index contributed by atoms with van der Waals surface area (Å²) >= 11 is 0. The van der Waals surface area contributed by atoms with Gasteiger partial charge in [-0.05, 0) is 29.8 Å². The molecule has 1 heterocycles. The summed E-state index contributed by atoms with van der Waals surface area (Å²) in [5.41, 5.74) is 11.2. The lowest BCUT2D eigenvalue weighted by molar-refractivity contribution is -0.105. The van der Waals surface area contributed by atoms with E-state index in [4.69, 9.17) is 5.73 Å². The highest BCUT2D eigenvalue weighted by atomic mass is 16.1. The number of carbonyl (C=O) groups excluding carboxylic acids is 1. The monoisotopic (exact) mass is 334 g/mol. The third-order valence-electron chi connectivity index (χ3n) is 4.13. The van der Waals surface area contributed by atoms with Crippen LogP contribution in [0.3, 0.4) is 0 Å². The Hall–Kier alpha value is -2.92. The van der Waals surface area contributed by atoms with Crippen LogP contribution in [0.15, 0.2) is 60.9 Å². The molecule has 25 heavy (non-hydrogen) atoms. The van der Waals surface area contributed by atoms with Crippen molar-refractivity contribution in [3.63, 3.8) is 0 Å². The summed E-state index contributed by atoms with van der Waals surface area (Å²) in [4.78, 5) is 15.2. The Morgan fingerprint density at radius 3 is 2.64 bits per heavy atom. The second-order valence-corrected chi connectivity index (χ2v) is 5.93. The average Bonchev–Trinajstić information content (AvgIpc) is 2.99. The summed E-state index contributed by atoms with van der Waals surface area (Å²) < 4.78 is 2.14. The minimum atomic E-state index is 0.584. The lowest BCUT2D eigenvalue weighted by atomic mass is 10.1. The third-order valence-corrected chi connectivity index (χ3v) is 4.13. The van der Waals surface area contributed by atoms with Gasteiger partial charge in [0, 0.05) is 30.8 Å². The summed E-state index contributed by atoms with van der Waals surface area (Å²) in [5, 5.41) is 2.69. The summed E-state index contributed by atoms with van der Waals surface area (Å²) in [5.74, 6) is 0. The molecule has 0 aliphatic carbocycles. The molecule has 3 aromatic rings. The minimum absolute atomic E-state index is 0.584. The maximum atomic E-state index is 10.6. The van der Waals surface area contributed by atoms with Crippen molar-refractivity contribution in [3.8, 4) is 0 Å². The SMILES string of the molecule is NCCc1c(Cc2ccccc2)ncn1Cc1cccc(NC=O)c1. The van der Waals surface area contributed by atoms with E-state index in [2.05, 4.69) is 27.0 Å². The Kier molecular flexibility index (Phi) is 5.59. The van der Waals surface area contributed by atoms with Crippen LogP contribution in [-0.2, 0) is 24.2 Å². The molecule has 0 fully saturated rings. The number of hydrogen-bond donors (Lipinski definition) is 2. The second-order valence-electron chi connectivity index (χ2n) is 5.93. The van der Waals surface area contributed by atoms with E-state index < -0.39 is 0 Å². The lowest BCUT2D eigenvalue weighted by Crippen LogP contribution is -2.11. The number of anilines is 1. The van der Waals surface area contributed by atoms with Crippen molar-refractivity contribution < 1.29 is 4.79 Å². The van der Waals surface area contributed by atoms with E-state index in [1.165, 1.54) is 11.3 Å². The largest absolute Gasteiger partial charge is 0.330 e. The van der Waals surface area contributed by atoms with E-state index >= 15 is 0 Å². The Morgan fingerprint density at radius 2 is 1.88 bits per heavy atom. The van der Waals surface area contributed by atoms with Crippen molar-refractivity contribution >= 4 is 12.1 Å². The van der Waals surface area contributed by atoms with E-state index in [1.54, 1.807) is 0 Å². The van der Waals surface area contributed by atoms with Gasteiger partial charge >= 0.3 is 0 Å². The van der Waals surface area contributed by atoms with Gasteiger partial charge in [0.15, 0.2) is 0 Å². The lowest BCUT2D eigenvalue weighted by Gasteiger charge is -2.11. The zero-order valence-electron chi connectivity index (χ0n) is 14.1. The molecule has 0 atom stereocenters. The number of carbonyl (C=O) groups is 1. The van der Waals surface area contributed by atoms with Gasteiger partial charge in [0.05, 0.1) is 12.0 Å². The summed E-state index contributed by atoms with van der Waals surface area (Å²) in [6.07, 6.45) is 4.15. The van der Waals surface area contributed by atoms with Crippen LogP contribution in [0, 0.1) is 0 Å². The van der Waals surface area contributed by atoms with Gasteiger partial charge in [-0.3, -0.25) is 4.79 Å². The normalized spacial score (nSPS) is 10.6. The minimum Gasteiger partial charge on any atom is -0.330 e. The van der Waals surface area contributed by atoms with Crippen molar-refractivity contribution in [2.45, 2.75) is 19.4 Å². The van der Waals surface area contributed by atoms with E-state index in [9.17, 15) is 4.79 Å². The van der Waals surface area contributed by atoms with Crippen LogP contribution in [0.1, 0.15) is 22.5 Å². The van der Waals surface area contributed by atoms with E-state index in [0.717, 1.165) is 29.8 Å². The molecule has 1 amide bonds. The van der Waals surface area contributed by atoms with Crippen molar-refractivity contribution in [2.75, 3.05) is 11.9 Å². The fourth-order valence-corrected chi connectivity index (χ4v) is 2.97. The van der Waals surface area contributed by atoms with Gasteiger partial charge in [0.25, 0.3) is 0 Å². The van der Waals surface area contributed by atoms with Crippen LogP contribution in [0.2, 0.25) is 0 Å². The van der Waals surface area contributed by atoms with Crippen molar-refractivity contribution in [1.29, 1.82) is 0 Å². The molecular weight excluding hydrogens is 312 g/mol. The first-order valence-electron chi connectivity index (χ1n) is 8.36. The Balaban J connectivity index is 1.83. The maximum Gasteiger partial charge on any atom is 0.211 e. The van der Waals surface area contributed by atoms with Crippen molar-refractivity contribution in [2.24, 2.45) is 5.73 Å². The van der Waals surface area contributed by atoms with Gasteiger partial charge < -0.3 is 15.6 Å². The molecular formula is C20H22N4O. The third kappa shape index (κ3) is 4.33. The number of hydrogen-bond acceptors (Lipinski definition) is 3. The number of imidazole rings is 1. The van der Waals surface area contributed by atoms with Gasteiger partial charge in [-0.15, -0.1) is 0 Å². The maximum absolute atomic E-state index is 10.6. The second kappa shape index (κ2) is 8.26. The number of aromatic nitrogens is 2. The van der Waals surface area contributed by atoms with Crippen LogP contribution in [-0.4, -0.2) is 22.5 Å². The van der Waals surface area contributed by atoms with Gasteiger partial charge in [-0.25, -0.2) is 4.98 Å². The molecule has 0 aliphatic rings. The number of benzene rings is 2. The number of amides is 1. The van der Waals surface area contributed by atoms with Crippen LogP contribution in [0.5, 0.6) is 0 Å². The molecule has 128 valence electrons. The smallest absolute Gasteiger partial charge is 0.211 e. The predicted molar refractivity (Wildman–Crippen MR) is 99.5 cm³/mol. The van der Waals surface area contributed by atoms with Crippen molar-refractivity contribution in [1.82, 2.24) is 9.55 Å². The number of nitrogens with zero attached hydrogens (tertiary/aromatic N) is 2. The summed E-state index contributed by atoms with van der Waals surface area (Å²) in [6, 6.07) is 18.1. The number of nitrogens with two attached hydrogens (primary N) is 1. The first-order valence-corrected chi connectivity index (χ1v) is 8.36. The molecule has 2 aromatic carbocycles. The van der Waals surface area contributed by atoms with E-state index in [0.29, 0.717) is 19.5 Å². The number of rotatable bonds is 8. The first-order chi connectivity index (χ1) is 12.3. The molecule has 5 nitrogen and oxygen atoms in total. The molecule has 0 spiro atoms. The van der Waals surface area contributed by atoms with Crippen LogP contribution in [0.4, 0.5) is 5.69 Å². The zero-order valence-corrected chi connectivity index (χ0v) is 14.1. The summed E-state index contributed by atoms with van der Waals surface area (Å²) in [6.45, 7) is 1.28. The molecule has 0 saturated carbocycles. The predicted octanol–water partition coefficient (Wildman–Crippen LogP) is 2.59.